The zero-order valence-electron chi connectivity index (χ0n) is 23.5. The fourth-order valence-corrected chi connectivity index (χ4v) is 4.48. The number of thioether (sulfide) groups is 1. The normalized spacial score (nSPS) is 13.0. The number of amides is 3. The summed E-state index contributed by atoms with van der Waals surface area (Å²) in [6.07, 6.45) is 5.22. The van der Waals surface area contributed by atoms with Crippen LogP contribution >= 0.6 is 11.8 Å². The summed E-state index contributed by atoms with van der Waals surface area (Å²) in [5.74, 6) is 0.234. The number of rotatable bonds is 14. The highest BCUT2D eigenvalue weighted by atomic mass is 32.2. The molecule has 0 aliphatic rings. The summed E-state index contributed by atoms with van der Waals surface area (Å²) in [4.78, 5) is 42.1. The maximum atomic E-state index is 14.1. The number of benzene rings is 1. The van der Waals surface area contributed by atoms with E-state index >= 15 is 0 Å². The van der Waals surface area contributed by atoms with Crippen molar-refractivity contribution >= 4 is 29.7 Å². The van der Waals surface area contributed by atoms with Crippen molar-refractivity contribution in [2.45, 2.75) is 98.3 Å². The van der Waals surface area contributed by atoms with E-state index < -0.39 is 23.8 Å². The Morgan fingerprint density at radius 1 is 1.06 bits per heavy atom. The highest BCUT2D eigenvalue weighted by Gasteiger charge is 2.37. The summed E-state index contributed by atoms with van der Waals surface area (Å²) in [6, 6.07) is 4.34. The Hall–Kier alpha value is -2.22. The number of aryl methyl sites for hydroxylation is 2. The first-order valence-corrected chi connectivity index (χ1v) is 14.5. The minimum absolute atomic E-state index is 0.189. The Labute approximate surface area is 222 Å². The van der Waals surface area contributed by atoms with Crippen molar-refractivity contribution in [2.75, 3.05) is 25.1 Å². The SMILES string of the molecule is CCCCNC(=O)C(c1c(C)cccc1C)N(CCCC)C(=O)C(CCSC)NC(=O)OC(C)(C)C. The van der Waals surface area contributed by atoms with Gasteiger partial charge in [-0.25, -0.2) is 4.79 Å². The van der Waals surface area contributed by atoms with Crippen LogP contribution in [0.3, 0.4) is 0 Å². The van der Waals surface area contributed by atoms with Gasteiger partial charge in [-0.15, -0.1) is 0 Å². The summed E-state index contributed by atoms with van der Waals surface area (Å²) in [7, 11) is 0. The molecule has 0 aliphatic carbocycles. The third-order valence-electron chi connectivity index (χ3n) is 5.84. The Morgan fingerprint density at radius 2 is 1.67 bits per heavy atom. The van der Waals surface area contributed by atoms with Crippen molar-refractivity contribution in [3.8, 4) is 0 Å². The van der Waals surface area contributed by atoms with Gasteiger partial charge in [-0.2, -0.15) is 11.8 Å². The largest absolute Gasteiger partial charge is 0.444 e. The van der Waals surface area contributed by atoms with Gasteiger partial charge in [-0.1, -0.05) is 44.9 Å². The lowest BCUT2D eigenvalue weighted by atomic mass is 9.93. The zero-order chi connectivity index (χ0) is 27.3. The van der Waals surface area contributed by atoms with Crippen molar-refractivity contribution in [1.82, 2.24) is 15.5 Å². The van der Waals surface area contributed by atoms with Gasteiger partial charge in [0.25, 0.3) is 0 Å². The zero-order valence-corrected chi connectivity index (χ0v) is 24.3. The lowest BCUT2D eigenvalue weighted by Gasteiger charge is -2.36. The molecule has 0 saturated carbocycles. The molecule has 0 bridgehead atoms. The summed E-state index contributed by atoms with van der Waals surface area (Å²) in [5, 5.41) is 5.85. The molecule has 2 unspecified atom stereocenters. The lowest BCUT2D eigenvalue weighted by Crippen LogP contribution is -2.53. The van der Waals surface area contributed by atoms with Crippen molar-refractivity contribution in [3.63, 3.8) is 0 Å². The molecule has 0 aromatic heterocycles. The molecule has 0 spiro atoms. The quantitative estimate of drug-likeness (QED) is 0.314. The Bertz CT molecular complexity index is 833. The van der Waals surface area contributed by atoms with E-state index in [0.29, 0.717) is 25.3 Å². The fraction of sp³-hybridized carbons (Fsp3) is 0.679. The molecule has 0 radical (unpaired) electrons. The van der Waals surface area contributed by atoms with Crippen LogP contribution in [0.2, 0.25) is 0 Å². The summed E-state index contributed by atoms with van der Waals surface area (Å²) in [5.41, 5.74) is 2.08. The molecule has 1 rings (SSSR count). The first-order valence-electron chi connectivity index (χ1n) is 13.1. The van der Waals surface area contributed by atoms with Gasteiger partial charge in [-0.3, -0.25) is 9.59 Å². The molecule has 1 aromatic rings. The van der Waals surface area contributed by atoms with E-state index in [1.54, 1.807) is 37.4 Å². The van der Waals surface area contributed by atoms with Gasteiger partial charge in [0, 0.05) is 13.1 Å². The van der Waals surface area contributed by atoms with Gasteiger partial charge in [0.05, 0.1) is 0 Å². The van der Waals surface area contributed by atoms with Crippen molar-refractivity contribution in [1.29, 1.82) is 0 Å². The topological polar surface area (TPSA) is 87.7 Å². The Kier molecular flexibility index (Phi) is 14.0. The van der Waals surface area contributed by atoms with Crippen LogP contribution in [0.5, 0.6) is 0 Å². The van der Waals surface area contributed by atoms with Gasteiger partial charge < -0.3 is 20.3 Å². The minimum atomic E-state index is -0.792. The molecule has 8 heteroatoms. The molecule has 0 aliphatic heterocycles. The number of alkyl carbamates (subject to hydrolysis) is 1. The van der Waals surface area contributed by atoms with E-state index in [9.17, 15) is 14.4 Å². The van der Waals surface area contributed by atoms with E-state index in [-0.39, 0.29) is 11.8 Å². The highest BCUT2D eigenvalue weighted by Crippen LogP contribution is 2.29. The molecule has 0 heterocycles. The van der Waals surface area contributed by atoms with Crippen LogP contribution in [0.1, 0.15) is 89.5 Å². The number of nitrogens with one attached hydrogen (secondary N) is 2. The lowest BCUT2D eigenvalue weighted by molar-refractivity contribution is -0.142. The summed E-state index contributed by atoms with van der Waals surface area (Å²) < 4.78 is 5.45. The second kappa shape index (κ2) is 15.8. The smallest absolute Gasteiger partial charge is 0.408 e. The van der Waals surface area contributed by atoms with Crippen molar-refractivity contribution in [2.24, 2.45) is 0 Å². The predicted octanol–water partition coefficient (Wildman–Crippen LogP) is 5.54. The molecule has 3 amide bonds. The van der Waals surface area contributed by atoms with Gasteiger partial charge in [0.15, 0.2) is 0 Å². The first kappa shape index (κ1) is 31.8. The van der Waals surface area contributed by atoms with E-state index in [0.717, 1.165) is 42.4 Å². The van der Waals surface area contributed by atoms with Gasteiger partial charge >= 0.3 is 6.09 Å². The van der Waals surface area contributed by atoms with E-state index in [2.05, 4.69) is 24.5 Å². The van der Waals surface area contributed by atoms with Crippen LogP contribution in [0.25, 0.3) is 0 Å². The molecule has 2 atom stereocenters. The number of unbranched alkanes of at least 4 members (excludes halogenated alkanes) is 2. The van der Waals surface area contributed by atoms with E-state index in [1.807, 2.05) is 38.3 Å². The Morgan fingerprint density at radius 3 is 2.19 bits per heavy atom. The van der Waals surface area contributed by atoms with Crippen LogP contribution in [0.4, 0.5) is 4.79 Å². The molecule has 1 aromatic carbocycles. The second-order valence-corrected chi connectivity index (χ2v) is 11.2. The molecular formula is C28H47N3O4S. The molecule has 0 saturated heterocycles. The van der Waals surface area contributed by atoms with Crippen molar-refractivity contribution in [3.05, 3.63) is 34.9 Å². The first-order chi connectivity index (χ1) is 17.0. The standard InChI is InChI=1S/C28H47N3O4S/c1-9-11-17-29-25(32)24(23-20(3)14-13-15-21(23)4)31(18-12-10-2)26(33)22(16-19-36-8)30-27(34)35-28(5,6)7/h13-15,22,24H,9-12,16-19H2,1-8H3,(H,29,32)(H,30,34). The van der Waals surface area contributed by atoms with Crippen LogP contribution in [0, 0.1) is 13.8 Å². The maximum Gasteiger partial charge on any atom is 0.408 e. The second-order valence-electron chi connectivity index (χ2n) is 10.2. The number of carbonyl (C=O) groups excluding carboxylic acids is 3. The number of hydrogen-bond donors (Lipinski definition) is 2. The average Bonchev–Trinajstić information content (AvgIpc) is 2.79. The molecule has 7 nitrogen and oxygen atoms in total. The van der Waals surface area contributed by atoms with Crippen molar-refractivity contribution < 1.29 is 19.1 Å². The fourth-order valence-electron chi connectivity index (χ4n) is 4.01. The van der Waals surface area contributed by atoms with Gasteiger partial charge in [0.2, 0.25) is 11.8 Å². The predicted molar refractivity (Wildman–Crippen MR) is 149 cm³/mol. The number of ether oxygens (including phenoxy) is 1. The average molecular weight is 522 g/mol. The monoisotopic (exact) mass is 521 g/mol. The minimum Gasteiger partial charge on any atom is -0.444 e. The van der Waals surface area contributed by atoms with Crippen LogP contribution < -0.4 is 10.6 Å². The number of nitrogens with zero attached hydrogens (tertiary/aromatic N) is 1. The van der Waals surface area contributed by atoms with E-state index in [4.69, 9.17) is 4.74 Å². The van der Waals surface area contributed by atoms with Gasteiger partial charge in [0.1, 0.15) is 17.7 Å². The molecule has 204 valence electrons. The molecule has 36 heavy (non-hydrogen) atoms. The Balaban J connectivity index is 3.49. The van der Waals surface area contributed by atoms with Gasteiger partial charge in [-0.05, 0) is 82.6 Å². The maximum absolute atomic E-state index is 14.1. The molecular weight excluding hydrogens is 474 g/mol. The summed E-state index contributed by atoms with van der Waals surface area (Å²) >= 11 is 1.60. The molecule has 0 fully saturated rings. The van der Waals surface area contributed by atoms with Crippen LogP contribution in [-0.4, -0.2) is 59.5 Å². The van der Waals surface area contributed by atoms with Crippen LogP contribution in [-0.2, 0) is 14.3 Å². The number of carbonyl (C=O) groups is 3. The third-order valence-corrected chi connectivity index (χ3v) is 6.48. The third kappa shape index (κ3) is 10.4. The summed E-state index contributed by atoms with van der Waals surface area (Å²) in [6.45, 7) is 14.4. The van der Waals surface area contributed by atoms with Crippen LogP contribution in [0.15, 0.2) is 18.2 Å². The number of hydrogen-bond acceptors (Lipinski definition) is 5. The highest BCUT2D eigenvalue weighted by molar-refractivity contribution is 7.98. The van der Waals surface area contributed by atoms with E-state index in [1.165, 1.54) is 0 Å². The molecule has 2 N–H and O–H groups in total.